The summed E-state index contributed by atoms with van der Waals surface area (Å²) in [6.45, 7) is 0. The third-order valence-electron chi connectivity index (χ3n) is 2.94. The minimum Gasteiger partial charge on any atom is -0.469 e. The van der Waals surface area contributed by atoms with Gasteiger partial charge in [0, 0.05) is 6.20 Å². The van der Waals surface area contributed by atoms with Crippen molar-refractivity contribution >= 4 is 11.5 Å². The maximum absolute atomic E-state index is 11.5. The van der Waals surface area contributed by atoms with Crippen molar-refractivity contribution in [2.45, 2.75) is 6.42 Å². The van der Waals surface area contributed by atoms with Crippen molar-refractivity contribution in [2.24, 2.45) is 0 Å². The standard InChI is InChI=1S/C14H12N2O3/c1-18-14(17)10-4-5-11-8-15-13(16(11)9-10)7-12-3-2-6-19-12/h2-6,8-9H,7H2,1H3. The van der Waals surface area contributed by atoms with E-state index in [0.717, 1.165) is 17.1 Å². The van der Waals surface area contributed by atoms with Crippen molar-refractivity contribution in [2.75, 3.05) is 7.11 Å². The van der Waals surface area contributed by atoms with Gasteiger partial charge in [-0.05, 0) is 24.3 Å². The molecule has 5 nitrogen and oxygen atoms in total. The number of hydrogen-bond acceptors (Lipinski definition) is 4. The smallest absolute Gasteiger partial charge is 0.339 e. The average molecular weight is 256 g/mol. The van der Waals surface area contributed by atoms with E-state index in [2.05, 4.69) is 4.98 Å². The number of ether oxygens (including phenoxy) is 1. The first-order valence-electron chi connectivity index (χ1n) is 5.84. The summed E-state index contributed by atoms with van der Waals surface area (Å²) >= 11 is 0. The Morgan fingerprint density at radius 3 is 3.05 bits per heavy atom. The lowest BCUT2D eigenvalue weighted by atomic mass is 10.2. The van der Waals surface area contributed by atoms with Crippen LogP contribution in [0, 0.1) is 0 Å². The summed E-state index contributed by atoms with van der Waals surface area (Å²) in [5.41, 5.74) is 1.42. The maximum atomic E-state index is 11.5. The predicted octanol–water partition coefficient (Wildman–Crippen LogP) is 2.30. The fraction of sp³-hybridized carbons (Fsp3) is 0.143. The molecule has 0 aromatic carbocycles. The monoisotopic (exact) mass is 256 g/mol. The van der Waals surface area contributed by atoms with Crippen LogP contribution >= 0.6 is 0 Å². The van der Waals surface area contributed by atoms with Gasteiger partial charge >= 0.3 is 5.97 Å². The van der Waals surface area contributed by atoms with Gasteiger partial charge in [0.2, 0.25) is 0 Å². The van der Waals surface area contributed by atoms with Crippen LogP contribution in [0.4, 0.5) is 0 Å². The molecular formula is C14H12N2O3. The largest absolute Gasteiger partial charge is 0.469 e. The van der Waals surface area contributed by atoms with Crippen LogP contribution in [0.1, 0.15) is 21.9 Å². The van der Waals surface area contributed by atoms with Gasteiger partial charge in [0.1, 0.15) is 11.6 Å². The number of carbonyl (C=O) groups is 1. The molecule has 0 N–H and O–H groups in total. The number of pyridine rings is 1. The first-order chi connectivity index (χ1) is 9.28. The van der Waals surface area contributed by atoms with Crippen LogP contribution in [0.5, 0.6) is 0 Å². The first-order valence-corrected chi connectivity index (χ1v) is 5.84. The molecule has 0 bridgehead atoms. The number of aromatic nitrogens is 2. The number of nitrogens with zero attached hydrogens (tertiary/aromatic N) is 2. The second-order valence-corrected chi connectivity index (χ2v) is 4.13. The Bertz CT molecular complexity index is 713. The van der Waals surface area contributed by atoms with E-state index in [0.29, 0.717) is 12.0 Å². The highest BCUT2D eigenvalue weighted by Gasteiger charge is 2.10. The molecule has 0 saturated carbocycles. The van der Waals surface area contributed by atoms with E-state index in [1.807, 2.05) is 22.6 Å². The molecule has 0 spiro atoms. The average Bonchev–Trinajstić information content (AvgIpc) is 3.08. The Labute approximate surface area is 109 Å². The summed E-state index contributed by atoms with van der Waals surface area (Å²) in [7, 11) is 1.37. The Morgan fingerprint density at radius 1 is 1.42 bits per heavy atom. The molecule has 3 aromatic rings. The number of esters is 1. The molecule has 0 aliphatic heterocycles. The van der Waals surface area contributed by atoms with Crippen molar-refractivity contribution in [1.29, 1.82) is 0 Å². The second-order valence-electron chi connectivity index (χ2n) is 4.13. The van der Waals surface area contributed by atoms with Crippen molar-refractivity contribution in [1.82, 2.24) is 9.38 Å². The molecule has 0 radical (unpaired) electrons. The Balaban J connectivity index is 2.03. The van der Waals surface area contributed by atoms with E-state index >= 15 is 0 Å². The van der Waals surface area contributed by atoms with Crippen molar-refractivity contribution in [3.63, 3.8) is 0 Å². The number of furan rings is 1. The normalized spacial score (nSPS) is 10.8. The van der Waals surface area contributed by atoms with Crippen LogP contribution in [0.2, 0.25) is 0 Å². The minimum absolute atomic E-state index is 0.362. The fourth-order valence-electron chi connectivity index (χ4n) is 1.98. The number of fused-ring (bicyclic) bond motifs is 1. The van der Waals surface area contributed by atoms with E-state index in [1.54, 1.807) is 24.7 Å². The predicted molar refractivity (Wildman–Crippen MR) is 68.0 cm³/mol. The second kappa shape index (κ2) is 4.61. The van der Waals surface area contributed by atoms with Gasteiger partial charge in [-0.25, -0.2) is 9.78 Å². The van der Waals surface area contributed by atoms with Gasteiger partial charge in [0.15, 0.2) is 0 Å². The lowest BCUT2D eigenvalue weighted by molar-refractivity contribution is 0.0600. The Kier molecular flexibility index (Phi) is 2.79. The van der Waals surface area contributed by atoms with Gasteiger partial charge in [-0.2, -0.15) is 0 Å². The molecule has 0 atom stereocenters. The molecule has 0 unspecified atom stereocenters. The van der Waals surface area contributed by atoms with E-state index < -0.39 is 0 Å². The third-order valence-corrected chi connectivity index (χ3v) is 2.94. The highest BCUT2D eigenvalue weighted by atomic mass is 16.5. The van der Waals surface area contributed by atoms with Crippen LogP contribution in [0.3, 0.4) is 0 Å². The zero-order chi connectivity index (χ0) is 13.2. The van der Waals surface area contributed by atoms with E-state index in [-0.39, 0.29) is 5.97 Å². The number of methoxy groups -OCH3 is 1. The molecule has 0 amide bonds. The summed E-state index contributed by atoms with van der Waals surface area (Å²) < 4.78 is 11.9. The molecule has 0 aliphatic carbocycles. The molecular weight excluding hydrogens is 244 g/mol. The minimum atomic E-state index is -0.362. The van der Waals surface area contributed by atoms with E-state index in [9.17, 15) is 4.79 Å². The third kappa shape index (κ3) is 2.10. The SMILES string of the molecule is COC(=O)c1ccc2cnc(Cc3ccco3)n2c1. The Morgan fingerprint density at radius 2 is 2.32 bits per heavy atom. The molecule has 3 rings (SSSR count). The summed E-state index contributed by atoms with van der Waals surface area (Å²) in [6.07, 6.45) is 5.70. The van der Waals surface area contributed by atoms with Crippen LogP contribution in [0.25, 0.3) is 5.52 Å². The van der Waals surface area contributed by atoms with Crippen molar-refractivity contribution in [3.05, 3.63) is 60.1 Å². The summed E-state index contributed by atoms with van der Waals surface area (Å²) in [5.74, 6) is 1.28. The lowest BCUT2D eigenvalue weighted by Gasteiger charge is -2.03. The number of rotatable bonds is 3. The van der Waals surface area contributed by atoms with Crippen LogP contribution in [-0.4, -0.2) is 22.5 Å². The molecule has 0 saturated heterocycles. The van der Waals surface area contributed by atoms with Gasteiger partial charge < -0.3 is 13.6 Å². The number of hydrogen-bond donors (Lipinski definition) is 0. The molecule has 19 heavy (non-hydrogen) atoms. The molecule has 5 heteroatoms. The summed E-state index contributed by atoms with van der Waals surface area (Å²) in [5, 5.41) is 0. The highest BCUT2D eigenvalue weighted by molar-refractivity contribution is 5.89. The zero-order valence-corrected chi connectivity index (χ0v) is 10.4. The van der Waals surface area contributed by atoms with Gasteiger partial charge in [-0.1, -0.05) is 0 Å². The zero-order valence-electron chi connectivity index (χ0n) is 10.4. The first kappa shape index (κ1) is 11.5. The quantitative estimate of drug-likeness (QED) is 0.675. The van der Waals surface area contributed by atoms with Crippen molar-refractivity contribution in [3.8, 4) is 0 Å². The molecule has 96 valence electrons. The molecule has 3 aromatic heterocycles. The van der Waals surface area contributed by atoms with Gasteiger partial charge in [0.05, 0.1) is 37.1 Å². The van der Waals surface area contributed by atoms with Crippen LogP contribution in [0.15, 0.2) is 47.3 Å². The highest BCUT2D eigenvalue weighted by Crippen LogP contribution is 2.14. The van der Waals surface area contributed by atoms with E-state index in [4.69, 9.17) is 9.15 Å². The number of imidazole rings is 1. The summed E-state index contributed by atoms with van der Waals surface area (Å²) in [6, 6.07) is 7.29. The molecule has 3 heterocycles. The van der Waals surface area contributed by atoms with Crippen LogP contribution < -0.4 is 0 Å². The fourth-order valence-corrected chi connectivity index (χ4v) is 1.98. The van der Waals surface area contributed by atoms with Gasteiger partial charge in [0.25, 0.3) is 0 Å². The maximum Gasteiger partial charge on any atom is 0.339 e. The van der Waals surface area contributed by atoms with Gasteiger partial charge in [-0.15, -0.1) is 0 Å². The van der Waals surface area contributed by atoms with Crippen molar-refractivity contribution < 1.29 is 13.9 Å². The molecule has 0 aliphatic rings. The molecule has 0 fully saturated rings. The van der Waals surface area contributed by atoms with Gasteiger partial charge in [-0.3, -0.25) is 0 Å². The lowest BCUT2D eigenvalue weighted by Crippen LogP contribution is -2.04. The number of carbonyl (C=O) groups excluding carboxylic acids is 1. The van der Waals surface area contributed by atoms with E-state index in [1.165, 1.54) is 7.11 Å². The van der Waals surface area contributed by atoms with Crippen LogP contribution in [-0.2, 0) is 11.2 Å². The topological polar surface area (TPSA) is 56.7 Å². The Hall–Kier alpha value is -2.56. The summed E-state index contributed by atoms with van der Waals surface area (Å²) in [4.78, 5) is 15.9.